The summed E-state index contributed by atoms with van der Waals surface area (Å²) in [4.78, 5) is 0. The first kappa shape index (κ1) is 16.6. The molecule has 1 aliphatic heterocycles. The van der Waals surface area contributed by atoms with E-state index in [1.54, 1.807) is 0 Å². The largest absolute Gasteiger partial charge is 0.457 e. The molecular formula is C22H22N2O2. The maximum absolute atomic E-state index is 5.90. The average Bonchev–Trinajstić information content (AvgIpc) is 3.06. The van der Waals surface area contributed by atoms with Crippen molar-refractivity contribution in [3.05, 3.63) is 90.5 Å². The van der Waals surface area contributed by atoms with E-state index in [-0.39, 0.29) is 11.9 Å². The fraction of sp³-hybridized carbons (Fsp3) is 0.182. The van der Waals surface area contributed by atoms with Crippen molar-refractivity contribution < 1.29 is 9.47 Å². The highest BCUT2D eigenvalue weighted by Gasteiger charge is 2.36. The van der Waals surface area contributed by atoms with Crippen LogP contribution in [-0.2, 0) is 10.3 Å². The molecule has 0 aliphatic carbocycles. The molecule has 0 bridgehead atoms. The first-order valence-electron chi connectivity index (χ1n) is 8.76. The second kappa shape index (κ2) is 7.20. The normalized spacial score (nSPS) is 22.1. The third-order valence-electron chi connectivity index (χ3n) is 4.53. The molecule has 4 heteroatoms. The fourth-order valence-electron chi connectivity index (χ4n) is 3.07. The van der Waals surface area contributed by atoms with E-state index in [4.69, 9.17) is 9.47 Å². The molecule has 3 aromatic rings. The Labute approximate surface area is 153 Å². The average molecular weight is 346 g/mol. The molecule has 2 N–H and O–H groups in total. The fourth-order valence-corrected chi connectivity index (χ4v) is 3.07. The van der Waals surface area contributed by atoms with Gasteiger partial charge in [-0.1, -0.05) is 48.5 Å². The zero-order valence-corrected chi connectivity index (χ0v) is 14.7. The van der Waals surface area contributed by atoms with Crippen LogP contribution in [0.5, 0.6) is 11.5 Å². The van der Waals surface area contributed by atoms with Crippen molar-refractivity contribution >= 4 is 5.69 Å². The number of hydrogen-bond donors (Lipinski definition) is 2. The van der Waals surface area contributed by atoms with E-state index in [0.29, 0.717) is 6.61 Å². The van der Waals surface area contributed by atoms with Crippen molar-refractivity contribution in [1.82, 2.24) is 5.32 Å². The number of anilines is 1. The third kappa shape index (κ3) is 3.72. The summed E-state index contributed by atoms with van der Waals surface area (Å²) in [5.41, 5.74) is 1.94. The van der Waals surface area contributed by atoms with Crippen LogP contribution in [0.2, 0.25) is 0 Å². The van der Waals surface area contributed by atoms with Crippen LogP contribution < -0.4 is 15.4 Å². The molecule has 0 spiro atoms. The van der Waals surface area contributed by atoms with Crippen LogP contribution in [0.25, 0.3) is 0 Å². The minimum Gasteiger partial charge on any atom is -0.457 e. The summed E-state index contributed by atoms with van der Waals surface area (Å²) in [6.07, 6.45) is -0.220. The zero-order valence-electron chi connectivity index (χ0n) is 14.7. The second-order valence-electron chi connectivity index (χ2n) is 6.62. The lowest BCUT2D eigenvalue weighted by Gasteiger charge is -2.24. The summed E-state index contributed by atoms with van der Waals surface area (Å²) in [6.45, 7) is 2.74. The van der Waals surface area contributed by atoms with Crippen LogP contribution in [-0.4, -0.2) is 13.0 Å². The van der Waals surface area contributed by atoms with E-state index in [2.05, 4.69) is 29.7 Å². The number of rotatable bonds is 5. The van der Waals surface area contributed by atoms with Gasteiger partial charge < -0.3 is 14.8 Å². The van der Waals surface area contributed by atoms with Crippen molar-refractivity contribution in [2.45, 2.75) is 18.8 Å². The van der Waals surface area contributed by atoms with Gasteiger partial charge in [-0.3, -0.25) is 5.32 Å². The quantitative estimate of drug-likeness (QED) is 0.702. The van der Waals surface area contributed by atoms with Crippen LogP contribution in [0, 0.1) is 0 Å². The molecule has 0 radical (unpaired) electrons. The van der Waals surface area contributed by atoms with Crippen molar-refractivity contribution in [2.75, 3.05) is 11.9 Å². The molecule has 0 saturated carbocycles. The summed E-state index contributed by atoms with van der Waals surface area (Å²) in [6, 6.07) is 28.0. The van der Waals surface area contributed by atoms with Crippen LogP contribution in [0.4, 0.5) is 5.69 Å². The molecule has 2 unspecified atom stereocenters. The number of benzene rings is 3. The maximum Gasteiger partial charge on any atom is 0.185 e. The summed E-state index contributed by atoms with van der Waals surface area (Å²) in [5, 5.41) is 6.88. The smallest absolute Gasteiger partial charge is 0.185 e. The summed E-state index contributed by atoms with van der Waals surface area (Å²) >= 11 is 0. The van der Waals surface area contributed by atoms with Gasteiger partial charge in [-0.05, 0) is 48.9 Å². The van der Waals surface area contributed by atoms with Gasteiger partial charge in [-0.25, -0.2) is 0 Å². The summed E-state index contributed by atoms with van der Waals surface area (Å²) in [7, 11) is 0. The maximum atomic E-state index is 5.90. The lowest BCUT2D eigenvalue weighted by Crippen LogP contribution is -2.42. The number of nitrogens with one attached hydrogen (secondary N) is 2. The SMILES string of the molecule is CC1(c2ccc(Oc3ccccc3)cc2)COC(Nc2ccccc2)N1. The molecule has 1 saturated heterocycles. The molecule has 1 aliphatic rings. The van der Waals surface area contributed by atoms with Crippen molar-refractivity contribution in [3.63, 3.8) is 0 Å². The molecule has 26 heavy (non-hydrogen) atoms. The molecule has 0 amide bonds. The predicted molar refractivity (Wildman–Crippen MR) is 103 cm³/mol. The Balaban J connectivity index is 1.42. The minimum absolute atomic E-state index is 0.220. The number of ether oxygens (including phenoxy) is 2. The lowest BCUT2D eigenvalue weighted by molar-refractivity contribution is 0.118. The highest BCUT2D eigenvalue weighted by molar-refractivity contribution is 5.43. The first-order valence-corrected chi connectivity index (χ1v) is 8.76. The summed E-state index contributed by atoms with van der Waals surface area (Å²) < 4.78 is 11.8. The molecule has 2 atom stereocenters. The molecule has 0 aromatic heterocycles. The van der Waals surface area contributed by atoms with E-state index >= 15 is 0 Å². The van der Waals surface area contributed by atoms with Crippen LogP contribution >= 0.6 is 0 Å². The molecule has 1 heterocycles. The van der Waals surface area contributed by atoms with Gasteiger partial charge in [-0.15, -0.1) is 0 Å². The van der Waals surface area contributed by atoms with E-state index in [9.17, 15) is 0 Å². The monoisotopic (exact) mass is 346 g/mol. The highest BCUT2D eigenvalue weighted by Crippen LogP contribution is 2.30. The Hall–Kier alpha value is -2.82. The zero-order chi connectivity index (χ0) is 17.8. The molecule has 3 aromatic carbocycles. The van der Waals surface area contributed by atoms with Gasteiger partial charge in [0.25, 0.3) is 0 Å². The molecule has 132 valence electrons. The highest BCUT2D eigenvalue weighted by atomic mass is 16.5. The van der Waals surface area contributed by atoms with Gasteiger partial charge in [0.15, 0.2) is 6.35 Å². The standard InChI is InChI=1S/C22H22N2O2/c1-22(16-25-21(24-22)23-18-8-4-2-5-9-18)17-12-14-20(15-13-17)26-19-10-6-3-7-11-19/h2-15,21,23-24H,16H2,1H3. The first-order chi connectivity index (χ1) is 12.7. The minimum atomic E-state index is -0.252. The van der Waals surface area contributed by atoms with Gasteiger partial charge >= 0.3 is 0 Å². The van der Waals surface area contributed by atoms with Crippen LogP contribution in [0.1, 0.15) is 12.5 Å². The van der Waals surface area contributed by atoms with E-state index < -0.39 is 0 Å². The van der Waals surface area contributed by atoms with Gasteiger partial charge in [0.1, 0.15) is 11.5 Å². The Morgan fingerprint density at radius 1 is 0.885 bits per heavy atom. The number of hydrogen-bond acceptors (Lipinski definition) is 4. The van der Waals surface area contributed by atoms with Crippen LogP contribution in [0.3, 0.4) is 0 Å². The lowest BCUT2D eigenvalue weighted by atomic mass is 9.94. The van der Waals surface area contributed by atoms with E-state index in [1.165, 1.54) is 0 Å². The second-order valence-corrected chi connectivity index (χ2v) is 6.62. The van der Waals surface area contributed by atoms with Crippen molar-refractivity contribution in [2.24, 2.45) is 0 Å². The summed E-state index contributed by atoms with van der Waals surface area (Å²) in [5.74, 6) is 1.65. The Morgan fingerprint density at radius 2 is 1.50 bits per heavy atom. The molecular weight excluding hydrogens is 324 g/mol. The molecule has 4 rings (SSSR count). The molecule has 4 nitrogen and oxygen atoms in total. The van der Waals surface area contributed by atoms with E-state index in [1.807, 2.05) is 72.8 Å². The predicted octanol–water partition coefficient (Wildman–Crippen LogP) is 4.71. The molecule has 1 fully saturated rings. The van der Waals surface area contributed by atoms with Gasteiger partial charge in [0.05, 0.1) is 12.1 Å². The Morgan fingerprint density at radius 3 is 2.19 bits per heavy atom. The third-order valence-corrected chi connectivity index (χ3v) is 4.53. The Kier molecular flexibility index (Phi) is 4.61. The van der Waals surface area contributed by atoms with E-state index in [0.717, 1.165) is 22.7 Å². The number of para-hydroxylation sites is 2. The van der Waals surface area contributed by atoms with Crippen LogP contribution in [0.15, 0.2) is 84.9 Å². The topological polar surface area (TPSA) is 42.5 Å². The van der Waals surface area contributed by atoms with Gasteiger partial charge in [0.2, 0.25) is 0 Å². The van der Waals surface area contributed by atoms with Crippen molar-refractivity contribution in [3.8, 4) is 11.5 Å². The van der Waals surface area contributed by atoms with Gasteiger partial charge in [0, 0.05) is 5.69 Å². The van der Waals surface area contributed by atoms with Gasteiger partial charge in [-0.2, -0.15) is 0 Å². The van der Waals surface area contributed by atoms with Crippen molar-refractivity contribution in [1.29, 1.82) is 0 Å². The Bertz CT molecular complexity index is 837.